The summed E-state index contributed by atoms with van der Waals surface area (Å²) in [4.78, 5) is 58.5. The molecule has 0 aliphatic carbocycles. The SMILES string of the molecule is C[C@H]1CCN2c3ccc([N+](=O)[O-])cc3CC3(C(=O)N(c4ccccc4)C(=O)N(c4ccccc4)C3=O)[C@@H]2C1. The summed E-state index contributed by atoms with van der Waals surface area (Å²) in [5.41, 5.74) is 0.354. The van der Waals surface area contributed by atoms with Gasteiger partial charge in [-0.25, -0.2) is 14.6 Å². The third-order valence-corrected chi connectivity index (χ3v) is 8.07. The van der Waals surface area contributed by atoms with Gasteiger partial charge in [0.1, 0.15) is 0 Å². The molecule has 0 saturated carbocycles. The minimum Gasteiger partial charge on any atom is -0.367 e. The molecule has 0 bridgehead atoms. The first kappa shape index (κ1) is 23.8. The number of barbiturate groups is 1. The molecule has 2 saturated heterocycles. The Labute approximate surface area is 219 Å². The number of nitro groups is 1. The number of carbonyl (C=O) groups excluding carboxylic acids is 3. The first-order chi connectivity index (χ1) is 18.3. The molecule has 9 nitrogen and oxygen atoms in total. The molecular formula is C29H26N4O5. The minimum atomic E-state index is -1.64. The van der Waals surface area contributed by atoms with Gasteiger partial charge in [0.05, 0.1) is 22.3 Å². The van der Waals surface area contributed by atoms with Crippen molar-refractivity contribution in [3.8, 4) is 0 Å². The first-order valence-corrected chi connectivity index (χ1v) is 12.7. The van der Waals surface area contributed by atoms with Crippen molar-refractivity contribution in [2.75, 3.05) is 21.2 Å². The number of carbonyl (C=O) groups is 3. The van der Waals surface area contributed by atoms with Gasteiger partial charge < -0.3 is 4.90 Å². The molecule has 0 N–H and O–H groups in total. The van der Waals surface area contributed by atoms with Gasteiger partial charge in [0.25, 0.3) is 17.5 Å². The normalized spacial score (nSPS) is 22.3. The molecule has 2 atom stereocenters. The van der Waals surface area contributed by atoms with Gasteiger partial charge in [0.2, 0.25) is 0 Å². The van der Waals surface area contributed by atoms with Crippen molar-refractivity contribution in [3.05, 3.63) is 94.5 Å². The van der Waals surface area contributed by atoms with E-state index in [9.17, 15) is 24.5 Å². The van der Waals surface area contributed by atoms with Crippen LogP contribution < -0.4 is 14.7 Å². The molecule has 0 radical (unpaired) electrons. The zero-order valence-electron chi connectivity index (χ0n) is 20.8. The third kappa shape index (κ3) is 3.42. The van der Waals surface area contributed by atoms with Crippen LogP contribution >= 0.6 is 0 Å². The molecule has 3 aliphatic heterocycles. The van der Waals surface area contributed by atoms with E-state index in [1.165, 1.54) is 12.1 Å². The van der Waals surface area contributed by atoms with Crippen LogP contribution in [0.5, 0.6) is 0 Å². The molecule has 2 fully saturated rings. The van der Waals surface area contributed by atoms with Crippen molar-refractivity contribution in [2.45, 2.75) is 32.2 Å². The fourth-order valence-corrected chi connectivity index (χ4v) is 6.23. The fraction of sp³-hybridized carbons (Fsp3) is 0.276. The van der Waals surface area contributed by atoms with E-state index in [4.69, 9.17) is 0 Å². The van der Waals surface area contributed by atoms with E-state index in [2.05, 4.69) is 11.8 Å². The Balaban J connectivity index is 1.60. The van der Waals surface area contributed by atoms with Crippen LogP contribution in [0.3, 0.4) is 0 Å². The maximum atomic E-state index is 14.6. The Morgan fingerprint density at radius 2 is 1.45 bits per heavy atom. The molecule has 3 aliphatic rings. The highest BCUT2D eigenvalue weighted by Gasteiger charge is 2.65. The predicted molar refractivity (Wildman–Crippen MR) is 142 cm³/mol. The molecular weight excluding hydrogens is 484 g/mol. The summed E-state index contributed by atoms with van der Waals surface area (Å²) in [6.07, 6.45) is 1.40. The van der Waals surface area contributed by atoms with Crippen LogP contribution in [0.25, 0.3) is 0 Å². The van der Waals surface area contributed by atoms with Crippen LogP contribution in [-0.4, -0.2) is 35.4 Å². The lowest BCUT2D eigenvalue weighted by Crippen LogP contribution is -2.74. The quantitative estimate of drug-likeness (QED) is 0.281. The molecule has 192 valence electrons. The Morgan fingerprint density at radius 1 is 0.868 bits per heavy atom. The zero-order chi connectivity index (χ0) is 26.6. The highest BCUT2D eigenvalue weighted by Crippen LogP contribution is 2.51. The van der Waals surface area contributed by atoms with Gasteiger partial charge in [-0.1, -0.05) is 43.3 Å². The summed E-state index contributed by atoms with van der Waals surface area (Å²) in [7, 11) is 0. The summed E-state index contributed by atoms with van der Waals surface area (Å²) >= 11 is 0. The number of urea groups is 1. The van der Waals surface area contributed by atoms with Crippen molar-refractivity contribution in [1.82, 2.24) is 0 Å². The van der Waals surface area contributed by atoms with Crippen LogP contribution in [-0.2, 0) is 16.0 Å². The van der Waals surface area contributed by atoms with Crippen molar-refractivity contribution in [2.24, 2.45) is 11.3 Å². The second-order valence-corrected chi connectivity index (χ2v) is 10.3. The standard InChI is InChI=1S/C29H26N4O5/c1-19-14-15-30-24-13-12-23(33(37)38)17-20(24)18-29(25(30)16-19)26(34)31(21-8-4-2-5-9-21)28(36)32(27(29)35)22-10-6-3-7-11-22/h2-13,17,19,25H,14-16,18H2,1H3/t19-,25-/m0/s1. The number of rotatable bonds is 3. The van der Waals surface area contributed by atoms with E-state index in [-0.39, 0.29) is 18.0 Å². The summed E-state index contributed by atoms with van der Waals surface area (Å²) in [5, 5.41) is 11.6. The number of fused-ring (bicyclic) bond motifs is 4. The summed E-state index contributed by atoms with van der Waals surface area (Å²) in [6.45, 7) is 2.70. The zero-order valence-corrected chi connectivity index (χ0v) is 20.8. The second-order valence-electron chi connectivity index (χ2n) is 10.3. The Kier molecular flexibility index (Phi) is 5.52. The summed E-state index contributed by atoms with van der Waals surface area (Å²) in [5.74, 6) is -0.930. The number of nitro benzene ring substituents is 1. The van der Waals surface area contributed by atoms with Gasteiger partial charge in [0.15, 0.2) is 5.41 Å². The van der Waals surface area contributed by atoms with E-state index >= 15 is 0 Å². The van der Waals surface area contributed by atoms with Gasteiger partial charge in [0, 0.05) is 30.8 Å². The Bertz CT molecular complexity index is 1400. The third-order valence-electron chi connectivity index (χ3n) is 8.07. The number of nitrogens with zero attached hydrogens (tertiary/aromatic N) is 4. The van der Waals surface area contributed by atoms with Crippen LogP contribution in [0.4, 0.5) is 27.5 Å². The minimum absolute atomic E-state index is 0.0322. The molecule has 1 spiro atoms. The summed E-state index contributed by atoms with van der Waals surface area (Å²) < 4.78 is 0. The smallest absolute Gasteiger partial charge is 0.342 e. The van der Waals surface area contributed by atoms with Crippen LogP contribution in [0.1, 0.15) is 25.3 Å². The van der Waals surface area contributed by atoms with E-state index < -0.39 is 34.2 Å². The fourth-order valence-electron chi connectivity index (χ4n) is 6.23. The number of benzene rings is 3. The van der Waals surface area contributed by atoms with E-state index in [1.807, 2.05) is 0 Å². The Morgan fingerprint density at radius 3 is 2.00 bits per heavy atom. The number of hydrogen-bond acceptors (Lipinski definition) is 6. The monoisotopic (exact) mass is 510 g/mol. The lowest BCUT2D eigenvalue weighted by Gasteiger charge is -2.56. The van der Waals surface area contributed by atoms with Gasteiger partial charge in [-0.15, -0.1) is 0 Å². The molecule has 9 heteroatoms. The topological polar surface area (TPSA) is 104 Å². The van der Waals surface area contributed by atoms with Gasteiger partial charge >= 0.3 is 6.03 Å². The van der Waals surface area contributed by atoms with E-state index in [0.29, 0.717) is 29.9 Å². The molecule has 4 amide bonds. The van der Waals surface area contributed by atoms with Crippen molar-refractivity contribution in [1.29, 1.82) is 0 Å². The molecule has 6 rings (SSSR count). The molecule has 3 aromatic carbocycles. The number of non-ortho nitro benzene ring substituents is 1. The van der Waals surface area contributed by atoms with Crippen molar-refractivity contribution in [3.63, 3.8) is 0 Å². The molecule has 0 unspecified atom stereocenters. The molecule has 0 aromatic heterocycles. The van der Waals surface area contributed by atoms with E-state index in [0.717, 1.165) is 21.9 Å². The summed E-state index contributed by atoms with van der Waals surface area (Å²) in [6, 6.07) is 20.6. The molecule has 3 aromatic rings. The van der Waals surface area contributed by atoms with Gasteiger partial charge in [-0.2, -0.15) is 0 Å². The Hall–Kier alpha value is -4.53. The number of anilines is 3. The number of para-hydroxylation sites is 2. The maximum Gasteiger partial charge on any atom is 0.342 e. The molecule has 38 heavy (non-hydrogen) atoms. The maximum absolute atomic E-state index is 14.6. The lowest BCUT2D eigenvalue weighted by atomic mass is 9.64. The van der Waals surface area contributed by atoms with Crippen LogP contribution in [0, 0.1) is 21.4 Å². The first-order valence-electron chi connectivity index (χ1n) is 12.7. The predicted octanol–water partition coefficient (Wildman–Crippen LogP) is 4.94. The highest BCUT2D eigenvalue weighted by atomic mass is 16.6. The number of imide groups is 2. The van der Waals surface area contributed by atoms with Crippen molar-refractivity contribution < 1.29 is 19.3 Å². The lowest BCUT2D eigenvalue weighted by molar-refractivity contribution is -0.384. The van der Waals surface area contributed by atoms with Crippen LogP contribution in [0.15, 0.2) is 78.9 Å². The van der Waals surface area contributed by atoms with Crippen LogP contribution in [0.2, 0.25) is 0 Å². The largest absolute Gasteiger partial charge is 0.367 e. The average Bonchev–Trinajstić information content (AvgIpc) is 2.92. The van der Waals surface area contributed by atoms with Crippen molar-refractivity contribution >= 4 is 40.6 Å². The number of amides is 4. The van der Waals surface area contributed by atoms with Gasteiger partial charge in [-0.05, 0) is 54.7 Å². The number of hydrogen-bond donors (Lipinski definition) is 0. The average molecular weight is 511 g/mol. The molecule has 3 heterocycles. The number of piperidine rings is 1. The second kappa shape index (κ2) is 8.79. The van der Waals surface area contributed by atoms with Gasteiger partial charge in [-0.3, -0.25) is 19.7 Å². The van der Waals surface area contributed by atoms with E-state index in [1.54, 1.807) is 66.7 Å². The highest BCUT2D eigenvalue weighted by molar-refractivity contribution is 6.39.